The maximum Gasteiger partial charge on any atom is 0.0784 e. The Kier molecular flexibility index (Phi) is 5.87. The molecule has 1 aliphatic heterocycles. The molecule has 100 valence electrons. The number of hydrogen-bond donors (Lipinski definition) is 1. The van der Waals surface area contributed by atoms with Crippen LogP contribution >= 0.6 is 12.2 Å². The van der Waals surface area contributed by atoms with Crippen molar-refractivity contribution in [1.82, 2.24) is 4.90 Å². The first-order valence-electron chi connectivity index (χ1n) is 6.98. The molecule has 3 heteroatoms. The second kappa shape index (κ2) is 6.69. The summed E-state index contributed by atoms with van der Waals surface area (Å²) in [5.41, 5.74) is 5.77. The molecule has 0 aromatic rings. The Balaban J connectivity index is 2.25. The van der Waals surface area contributed by atoms with E-state index in [0.29, 0.717) is 4.99 Å². The molecule has 1 heterocycles. The van der Waals surface area contributed by atoms with Crippen molar-refractivity contribution in [2.45, 2.75) is 52.9 Å². The van der Waals surface area contributed by atoms with Crippen LogP contribution in [0.2, 0.25) is 0 Å². The van der Waals surface area contributed by atoms with E-state index in [4.69, 9.17) is 18.0 Å². The standard InChI is InChI=1S/C14H28N2S/c1-4-5-12-6-9-16(10-7-12)11-8-14(2,3)13(15)17/h12H,4-11H2,1-3H3,(H2,15,17). The van der Waals surface area contributed by atoms with E-state index in [2.05, 4.69) is 25.7 Å². The molecule has 2 nitrogen and oxygen atoms in total. The fourth-order valence-electron chi connectivity index (χ4n) is 2.47. The van der Waals surface area contributed by atoms with Gasteiger partial charge >= 0.3 is 0 Å². The van der Waals surface area contributed by atoms with E-state index in [9.17, 15) is 0 Å². The lowest BCUT2D eigenvalue weighted by molar-refractivity contribution is 0.166. The minimum absolute atomic E-state index is 0.00952. The van der Waals surface area contributed by atoms with Crippen molar-refractivity contribution in [2.75, 3.05) is 19.6 Å². The van der Waals surface area contributed by atoms with Gasteiger partial charge in [0.05, 0.1) is 4.99 Å². The summed E-state index contributed by atoms with van der Waals surface area (Å²) in [6.45, 7) is 10.3. The molecular weight excluding hydrogens is 228 g/mol. The van der Waals surface area contributed by atoms with Gasteiger partial charge in [-0.15, -0.1) is 0 Å². The highest BCUT2D eigenvalue weighted by molar-refractivity contribution is 7.80. The number of rotatable bonds is 6. The molecule has 2 N–H and O–H groups in total. The van der Waals surface area contributed by atoms with Gasteiger partial charge in [-0.2, -0.15) is 0 Å². The highest BCUT2D eigenvalue weighted by Gasteiger charge is 2.24. The Bertz CT molecular complexity index is 243. The van der Waals surface area contributed by atoms with Gasteiger partial charge in [0.15, 0.2) is 0 Å². The quantitative estimate of drug-likeness (QED) is 0.740. The summed E-state index contributed by atoms with van der Waals surface area (Å²) in [4.78, 5) is 3.23. The molecule has 0 atom stereocenters. The molecule has 0 aromatic heterocycles. The smallest absolute Gasteiger partial charge is 0.0784 e. The summed E-state index contributed by atoms with van der Waals surface area (Å²) in [6, 6.07) is 0. The number of hydrogen-bond acceptors (Lipinski definition) is 2. The van der Waals surface area contributed by atoms with Crippen molar-refractivity contribution < 1.29 is 0 Å². The van der Waals surface area contributed by atoms with Crippen LogP contribution in [0.1, 0.15) is 52.9 Å². The van der Waals surface area contributed by atoms with E-state index in [1.54, 1.807) is 0 Å². The lowest BCUT2D eigenvalue weighted by Gasteiger charge is -2.34. The Labute approximate surface area is 112 Å². The van der Waals surface area contributed by atoms with Crippen molar-refractivity contribution in [3.8, 4) is 0 Å². The fraction of sp³-hybridized carbons (Fsp3) is 0.929. The van der Waals surface area contributed by atoms with E-state index in [-0.39, 0.29) is 5.41 Å². The Morgan fingerprint density at radius 3 is 2.41 bits per heavy atom. The summed E-state index contributed by atoms with van der Waals surface area (Å²) < 4.78 is 0. The monoisotopic (exact) mass is 256 g/mol. The summed E-state index contributed by atoms with van der Waals surface area (Å²) >= 11 is 5.11. The van der Waals surface area contributed by atoms with Gasteiger partial charge in [0.1, 0.15) is 0 Å². The van der Waals surface area contributed by atoms with Gasteiger partial charge < -0.3 is 10.6 Å². The lowest BCUT2D eigenvalue weighted by Crippen LogP contribution is -2.38. The second-order valence-electron chi connectivity index (χ2n) is 6.07. The Morgan fingerprint density at radius 2 is 1.94 bits per heavy atom. The van der Waals surface area contributed by atoms with Crippen molar-refractivity contribution in [2.24, 2.45) is 17.1 Å². The fourth-order valence-corrected chi connectivity index (χ4v) is 2.57. The maximum atomic E-state index is 5.76. The van der Waals surface area contributed by atoms with Gasteiger partial charge in [-0.3, -0.25) is 0 Å². The summed E-state index contributed by atoms with van der Waals surface area (Å²) in [5.74, 6) is 0.972. The number of nitrogens with two attached hydrogens (primary N) is 1. The van der Waals surface area contributed by atoms with Crippen LogP contribution in [0.25, 0.3) is 0 Å². The predicted octanol–water partition coefficient (Wildman–Crippen LogP) is 3.20. The molecule has 0 bridgehead atoms. The minimum atomic E-state index is 0.00952. The molecule has 0 amide bonds. The van der Waals surface area contributed by atoms with Crippen molar-refractivity contribution >= 4 is 17.2 Å². The zero-order valence-corrected chi connectivity index (χ0v) is 12.5. The molecule has 1 fully saturated rings. The van der Waals surface area contributed by atoms with Gasteiger partial charge in [-0.05, 0) is 44.8 Å². The van der Waals surface area contributed by atoms with Crippen LogP contribution in [0.15, 0.2) is 0 Å². The largest absolute Gasteiger partial charge is 0.393 e. The third-order valence-corrected chi connectivity index (χ3v) is 4.68. The minimum Gasteiger partial charge on any atom is -0.393 e. The van der Waals surface area contributed by atoms with Crippen molar-refractivity contribution in [3.05, 3.63) is 0 Å². The topological polar surface area (TPSA) is 29.3 Å². The third-order valence-electron chi connectivity index (χ3n) is 4.12. The highest BCUT2D eigenvalue weighted by Crippen LogP contribution is 2.25. The van der Waals surface area contributed by atoms with Gasteiger partial charge in [-0.25, -0.2) is 0 Å². The van der Waals surface area contributed by atoms with Crippen LogP contribution in [0.5, 0.6) is 0 Å². The van der Waals surface area contributed by atoms with Gasteiger partial charge in [0, 0.05) is 5.41 Å². The maximum absolute atomic E-state index is 5.76. The van der Waals surface area contributed by atoms with Crippen LogP contribution in [-0.2, 0) is 0 Å². The normalized spacial score (nSPS) is 19.5. The average molecular weight is 256 g/mol. The first kappa shape index (κ1) is 14.9. The molecule has 17 heavy (non-hydrogen) atoms. The van der Waals surface area contributed by atoms with Crippen molar-refractivity contribution in [1.29, 1.82) is 0 Å². The number of nitrogens with zero attached hydrogens (tertiary/aromatic N) is 1. The average Bonchev–Trinajstić information content (AvgIpc) is 2.28. The third kappa shape index (κ3) is 4.92. The molecule has 1 rings (SSSR count). The molecular formula is C14H28N2S. The van der Waals surface area contributed by atoms with Crippen LogP contribution in [0, 0.1) is 11.3 Å². The summed E-state index contributed by atoms with van der Waals surface area (Å²) in [5, 5.41) is 0. The van der Waals surface area contributed by atoms with Crippen LogP contribution in [0.4, 0.5) is 0 Å². The van der Waals surface area contributed by atoms with Crippen LogP contribution in [-0.4, -0.2) is 29.5 Å². The number of likely N-dealkylation sites (tertiary alicyclic amines) is 1. The van der Waals surface area contributed by atoms with E-state index in [1.807, 2.05) is 0 Å². The first-order valence-corrected chi connectivity index (χ1v) is 7.39. The highest BCUT2D eigenvalue weighted by atomic mass is 32.1. The zero-order chi connectivity index (χ0) is 12.9. The molecule has 0 aliphatic carbocycles. The molecule has 0 spiro atoms. The van der Waals surface area contributed by atoms with Gasteiger partial charge in [0.25, 0.3) is 0 Å². The van der Waals surface area contributed by atoms with E-state index >= 15 is 0 Å². The van der Waals surface area contributed by atoms with Gasteiger partial charge in [-0.1, -0.05) is 45.8 Å². The predicted molar refractivity (Wildman–Crippen MR) is 79.3 cm³/mol. The van der Waals surface area contributed by atoms with E-state index in [1.165, 1.54) is 38.8 Å². The summed E-state index contributed by atoms with van der Waals surface area (Å²) in [7, 11) is 0. The second-order valence-corrected chi connectivity index (χ2v) is 6.51. The molecule has 0 radical (unpaired) electrons. The molecule has 0 aromatic carbocycles. The van der Waals surface area contributed by atoms with Crippen LogP contribution in [0.3, 0.4) is 0 Å². The lowest BCUT2D eigenvalue weighted by atomic mass is 9.88. The SMILES string of the molecule is CCCC1CCN(CCC(C)(C)C(N)=S)CC1. The van der Waals surface area contributed by atoms with Crippen molar-refractivity contribution in [3.63, 3.8) is 0 Å². The molecule has 0 saturated carbocycles. The van der Waals surface area contributed by atoms with E-state index in [0.717, 1.165) is 18.9 Å². The van der Waals surface area contributed by atoms with E-state index < -0.39 is 0 Å². The Hall–Kier alpha value is -0.150. The molecule has 0 unspecified atom stereocenters. The summed E-state index contributed by atoms with van der Waals surface area (Å²) in [6.07, 6.45) is 6.58. The zero-order valence-electron chi connectivity index (χ0n) is 11.7. The molecule has 1 saturated heterocycles. The number of piperidine rings is 1. The molecule has 1 aliphatic rings. The first-order chi connectivity index (χ1) is 7.95. The number of thiocarbonyl (C=S) groups is 1. The van der Waals surface area contributed by atoms with Crippen LogP contribution < -0.4 is 5.73 Å². The van der Waals surface area contributed by atoms with Gasteiger partial charge in [0.2, 0.25) is 0 Å². The Morgan fingerprint density at radius 1 is 1.35 bits per heavy atom.